The van der Waals surface area contributed by atoms with Crippen molar-refractivity contribution in [3.8, 4) is 10.8 Å². The molecule has 0 atom stereocenters. The average molecular weight is 401 g/mol. The van der Waals surface area contributed by atoms with Crippen LogP contribution in [0.2, 0.25) is 0 Å². The number of ether oxygens (including phenoxy) is 2. The second kappa shape index (κ2) is 9.67. The highest BCUT2D eigenvalue weighted by Gasteiger charge is 2.11. The van der Waals surface area contributed by atoms with Crippen LogP contribution in [-0.4, -0.2) is 37.3 Å². The molecule has 0 bridgehead atoms. The number of thiazole rings is 1. The summed E-state index contributed by atoms with van der Waals surface area (Å²) in [5.41, 5.74) is 1.72. The minimum atomic E-state index is -0.589. The van der Waals surface area contributed by atoms with E-state index in [1.165, 1.54) is 18.4 Å². The summed E-state index contributed by atoms with van der Waals surface area (Å²) in [6.45, 7) is 0.480. The van der Waals surface area contributed by atoms with Gasteiger partial charge in [-0.15, -0.1) is 11.3 Å². The molecular formula is C19H19N3O5S. The summed E-state index contributed by atoms with van der Waals surface area (Å²) in [5.74, 6) is 0.462. The highest BCUT2D eigenvalue weighted by atomic mass is 32.1. The Bertz CT molecular complexity index is 923. The van der Waals surface area contributed by atoms with Crippen LogP contribution in [0.4, 0.5) is 16.2 Å². The summed E-state index contributed by atoms with van der Waals surface area (Å²) < 4.78 is 15.1. The molecule has 3 rings (SSSR count). The monoisotopic (exact) mass is 401 g/mol. The van der Waals surface area contributed by atoms with Crippen molar-refractivity contribution >= 4 is 34.7 Å². The minimum Gasteiger partial charge on any atom is -0.462 e. The Labute approximate surface area is 165 Å². The molecule has 0 saturated carbocycles. The molecule has 1 aromatic carbocycles. The second-order valence-electron chi connectivity index (χ2n) is 5.68. The third-order valence-corrected chi connectivity index (χ3v) is 4.44. The van der Waals surface area contributed by atoms with Crippen LogP contribution in [0.15, 0.2) is 52.5 Å². The lowest BCUT2D eigenvalue weighted by Gasteiger charge is -2.09. The van der Waals surface area contributed by atoms with Gasteiger partial charge in [0.2, 0.25) is 5.91 Å². The smallest absolute Gasteiger partial charge is 0.411 e. The molecule has 0 aliphatic carbocycles. The summed E-state index contributed by atoms with van der Waals surface area (Å²) in [4.78, 5) is 28.4. The predicted molar refractivity (Wildman–Crippen MR) is 105 cm³/mol. The van der Waals surface area contributed by atoms with E-state index in [0.29, 0.717) is 29.4 Å². The fraction of sp³-hybridized carbons (Fsp3) is 0.211. The first-order valence-corrected chi connectivity index (χ1v) is 9.33. The quantitative estimate of drug-likeness (QED) is 0.557. The lowest BCUT2D eigenvalue weighted by atomic mass is 10.2. The van der Waals surface area contributed by atoms with Crippen LogP contribution in [-0.2, 0) is 20.7 Å². The number of carbonyl (C=O) groups is 2. The van der Waals surface area contributed by atoms with Gasteiger partial charge in [-0.3, -0.25) is 10.1 Å². The number of methoxy groups -OCH3 is 1. The van der Waals surface area contributed by atoms with Crippen LogP contribution < -0.4 is 10.6 Å². The molecule has 2 amide bonds. The molecule has 0 aliphatic rings. The average Bonchev–Trinajstić information content (AvgIpc) is 3.33. The zero-order chi connectivity index (χ0) is 19.8. The molecule has 0 unspecified atom stereocenters. The number of furan rings is 1. The molecule has 0 radical (unpaired) electrons. The van der Waals surface area contributed by atoms with Gasteiger partial charge in [-0.25, -0.2) is 9.78 Å². The Morgan fingerprint density at radius 3 is 2.71 bits per heavy atom. The molecule has 9 heteroatoms. The van der Waals surface area contributed by atoms with Crippen molar-refractivity contribution in [3.05, 3.63) is 53.7 Å². The van der Waals surface area contributed by atoms with E-state index in [1.807, 2.05) is 11.4 Å². The molecule has 0 aliphatic heterocycles. The van der Waals surface area contributed by atoms with Crippen LogP contribution in [0.3, 0.4) is 0 Å². The Morgan fingerprint density at radius 1 is 1.14 bits per heavy atom. The minimum absolute atomic E-state index is 0.133. The maximum absolute atomic E-state index is 12.3. The maximum atomic E-state index is 12.3. The van der Waals surface area contributed by atoms with E-state index in [1.54, 1.807) is 36.6 Å². The van der Waals surface area contributed by atoms with Crippen LogP contribution >= 0.6 is 11.3 Å². The maximum Gasteiger partial charge on any atom is 0.411 e. The van der Waals surface area contributed by atoms with Gasteiger partial charge in [0.15, 0.2) is 10.8 Å². The fourth-order valence-corrected chi connectivity index (χ4v) is 3.10. The number of anilines is 2. The van der Waals surface area contributed by atoms with Gasteiger partial charge in [-0.1, -0.05) is 6.07 Å². The lowest BCUT2D eigenvalue weighted by molar-refractivity contribution is -0.115. The summed E-state index contributed by atoms with van der Waals surface area (Å²) >= 11 is 1.42. The Morgan fingerprint density at radius 2 is 1.96 bits per heavy atom. The molecule has 2 N–H and O–H groups in total. The van der Waals surface area contributed by atoms with Crippen LogP contribution in [0.5, 0.6) is 0 Å². The first-order chi connectivity index (χ1) is 13.6. The molecule has 2 aromatic heterocycles. The number of hydrogen-bond acceptors (Lipinski definition) is 7. The largest absolute Gasteiger partial charge is 0.462 e. The van der Waals surface area contributed by atoms with E-state index in [-0.39, 0.29) is 18.9 Å². The summed E-state index contributed by atoms with van der Waals surface area (Å²) in [6.07, 6.45) is 1.12. The molecule has 28 heavy (non-hydrogen) atoms. The van der Waals surface area contributed by atoms with Crippen LogP contribution in [0.25, 0.3) is 10.8 Å². The fourth-order valence-electron chi connectivity index (χ4n) is 2.32. The van der Waals surface area contributed by atoms with Gasteiger partial charge >= 0.3 is 6.09 Å². The van der Waals surface area contributed by atoms with Gasteiger partial charge < -0.3 is 19.2 Å². The summed E-state index contributed by atoms with van der Waals surface area (Å²) in [7, 11) is 1.52. The highest BCUT2D eigenvalue weighted by Crippen LogP contribution is 2.24. The highest BCUT2D eigenvalue weighted by molar-refractivity contribution is 7.13. The Hall–Kier alpha value is -3.17. The van der Waals surface area contributed by atoms with Crippen LogP contribution in [0.1, 0.15) is 5.69 Å². The van der Waals surface area contributed by atoms with E-state index in [0.717, 1.165) is 5.01 Å². The zero-order valence-electron chi connectivity index (χ0n) is 15.1. The number of aromatic nitrogens is 1. The van der Waals surface area contributed by atoms with Crippen molar-refractivity contribution in [2.45, 2.75) is 6.42 Å². The summed E-state index contributed by atoms with van der Waals surface area (Å²) in [5, 5.41) is 7.94. The van der Waals surface area contributed by atoms with E-state index >= 15 is 0 Å². The van der Waals surface area contributed by atoms with E-state index in [9.17, 15) is 9.59 Å². The standard InChI is InChI=1S/C19H19N3O5S/c1-25-8-9-27-19(24)22-14-5-2-4-13(10-14)20-17(23)11-15-12-28-18(21-15)16-6-3-7-26-16/h2-7,10,12H,8-9,11H2,1H3,(H,20,23)(H,22,24). The van der Waals surface area contributed by atoms with Crippen LogP contribution in [0, 0.1) is 0 Å². The molecule has 0 spiro atoms. The SMILES string of the molecule is COCCOC(=O)Nc1cccc(NC(=O)Cc2csc(-c3ccco3)n2)c1. The van der Waals surface area contributed by atoms with Crippen molar-refractivity contribution in [2.75, 3.05) is 31.0 Å². The number of amides is 2. The van der Waals surface area contributed by atoms with Gasteiger partial charge in [-0.05, 0) is 30.3 Å². The molecule has 3 aromatic rings. The Balaban J connectivity index is 1.53. The van der Waals surface area contributed by atoms with Crippen molar-refractivity contribution < 1.29 is 23.5 Å². The molecule has 2 heterocycles. The normalized spacial score (nSPS) is 10.5. The van der Waals surface area contributed by atoms with Gasteiger partial charge in [0, 0.05) is 23.9 Å². The molecule has 146 valence electrons. The molecule has 0 saturated heterocycles. The van der Waals surface area contributed by atoms with Crippen molar-refractivity contribution in [1.82, 2.24) is 4.98 Å². The first-order valence-electron chi connectivity index (χ1n) is 8.45. The topological polar surface area (TPSA) is 103 Å². The lowest BCUT2D eigenvalue weighted by Crippen LogP contribution is -2.17. The third-order valence-electron chi connectivity index (χ3n) is 3.54. The van der Waals surface area contributed by atoms with Crippen molar-refractivity contribution in [2.24, 2.45) is 0 Å². The second-order valence-corrected chi connectivity index (χ2v) is 6.54. The Kier molecular flexibility index (Phi) is 6.77. The first kappa shape index (κ1) is 19.6. The van der Waals surface area contributed by atoms with Gasteiger partial charge in [0.05, 0.1) is 25.0 Å². The van der Waals surface area contributed by atoms with E-state index in [4.69, 9.17) is 13.9 Å². The molecular weight excluding hydrogens is 382 g/mol. The molecule has 8 nitrogen and oxygen atoms in total. The van der Waals surface area contributed by atoms with Gasteiger partial charge in [0.1, 0.15) is 6.61 Å². The zero-order valence-corrected chi connectivity index (χ0v) is 16.0. The van der Waals surface area contributed by atoms with Crippen molar-refractivity contribution in [3.63, 3.8) is 0 Å². The number of carbonyl (C=O) groups excluding carboxylic acids is 2. The number of hydrogen-bond donors (Lipinski definition) is 2. The molecule has 0 fully saturated rings. The number of benzene rings is 1. The van der Waals surface area contributed by atoms with Gasteiger partial charge in [-0.2, -0.15) is 0 Å². The number of nitrogens with zero attached hydrogens (tertiary/aromatic N) is 1. The third kappa shape index (κ3) is 5.66. The van der Waals surface area contributed by atoms with E-state index < -0.39 is 6.09 Å². The predicted octanol–water partition coefficient (Wildman–Crippen LogP) is 3.78. The van der Waals surface area contributed by atoms with E-state index in [2.05, 4.69) is 15.6 Å². The number of nitrogens with one attached hydrogen (secondary N) is 2. The van der Waals surface area contributed by atoms with Gasteiger partial charge in [0.25, 0.3) is 0 Å². The van der Waals surface area contributed by atoms with Crippen molar-refractivity contribution in [1.29, 1.82) is 0 Å². The summed E-state index contributed by atoms with van der Waals surface area (Å²) in [6, 6.07) is 10.4. The number of rotatable bonds is 8.